The molecule has 31 heavy (non-hydrogen) atoms. The molecule has 0 bridgehead atoms. The van der Waals surface area contributed by atoms with Crippen molar-refractivity contribution in [1.29, 1.82) is 0 Å². The zero-order chi connectivity index (χ0) is 21.6. The molecule has 3 heterocycles. The molecule has 2 aliphatic heterocycles. The summed E-state index contributed by atoms with van der Waals surface area (Å²) in [5.74, 6) is 0.835. The average molecular weight is 432 g/mol. The first-order valence-corrected chi connectivity index (χ1v) is 10.6. The molecule has 1 aromatic carbocycles. The lowest BCUT2D eigenvalue weighted by Gasteiger charge is -2.37. The summed E-state index contributed by atoms with van der Waals surface area (Å²) in [5.41, 5.74) is 0.546. The van der Waals surface area contributed by atoms with Crippen LogP contribution in [0, 0.1) is 0 Å². The average Bonchev–Trinajstić information content (AvgIpc) is 3.53. The van der Waals surface area contributed by atoms with Gasteiger partial charge in [0.15, 0.2) is 0 Å². The number of nitrogens with zero attached hydrogens (tertiary/aromatic N) is 4. The van der Waals surface area contributed by atoms with Crippen LogP contribution in [0.1, 0.15) is 46.8 Å². The lowest BCUT2D eigenvalue weighted by Crippen LogP contribution is -2.52. The van der Waals surface area contributed by atoms with E-state index in [1.54, 1.807) is 17.3 Å². The lowest BCUT2D eigenvalue weighted by atomic mass is 10.1. The lowest BCUT2D eigenvalue weighted by molar-refractivity contribution is -0.137. The molecule has 1 amide bonds. The molecule has 2 saturated heterocycles. The van der Waals surface area contributed by atoms with Gasteiger partial charge < -0.3 is 9.64 Å². The molecular formula is C22H23F3N4O2. The number of carbonyl (C=O) groups excluding carboxylic acids is 1. The third-order valence-corrected chi connectivity index (χ3v) is 6.26. The van der Waals surface area contributed by atoms with Gasteiger partial charge in [0.25, 0.3) is 5.91 Å². The zero-order valence-corrected chi connectivity index (χ0v) is 16.9. The van der Waals surface area contributed by atoms with Crippen LogP contribution in [0.3, 0.4) is 0 Å². The maximum Gasteiger partial charge on any atom is 0.416 e. The van der Waals surface area contributed by atoms with Crippen LogP contribution in [-0.4, -0.2) is 64.0 Å². The van der Waals surface area contributed by atoms with E-state index in [2.05, 4.69) is 14.9 Å². The predicted octanol–water partition coefficient (Wildman–Crippen LogP) is 3.35. The van der Waals surface area contributed by atoms with Gasteiger partial charge in [-0.25, -0.2) is 4.98 Å². The Bertz CT molecular complexity index is 945. The van der Waals surface area contributed by atoms with Crippen LogP contribution in [0.4, 0.5) is 13.2 Å². The van der Waals surface area contributed by atoms with Crippen LogP contribution >= 0.6 is 0 Å². The smallest absolute Gasteiger partial charge is 0.416 e. The molecule has 1 aromatic heterocycles. The molecule has 3 aliphatic rings. The SMILES string of the molecule is O=C(c1ccc(C(F)(F)F)cc1)N1CCN2C[C@H](Oc3cnc(C4CC4)cn3)C[C@H]2C1. The highest BCUT2D eigenvalue weighted by atomic mass is 19.4. The fourth-order valence-electron chi connectivity index (χ4n) is 4.40. The normalized spacial score (nSPS) is 24.2. The summed E-state index contributed by atoms with van der Waals surface area (Å²) in [6, 6.07) is 4.58. The summed E-state index contributed by atoms with van der Waals surface area (Å²) in [5, 5.41) is 0. The minimum Gasteiger partial charge on any atom is -0.472 e. The van der Waals surface area contributed by atoms with Crippen molar-refractivity contribution in [3.63, 3.8) is 0 Å². The first kappa shape index (κ1) is 20.2. The molecule has 0 unspecified atom stereocenters. The Morgan fingerprint density at radius 3 is 2.45 bits per heavy atom. The molecule has 0 radical (unpaired) electrons. The van der Waals surface area contributed by atoms with E-state index in [9.17, 15) is 18.0 Å². The molecule has 9 heteroatoms. The van der Waals surface area contributed by atoms with E-state index in [-0.39, 0.29) is 23.6 Å². The Morgan fingerprint density at radius 2 is 1.81 bits per heavy atom. The van der Waals surface area contributed by atoms with Gasteiger partial charge in [0, 0.05) is 50.1 Å². The maximum absolute atomic E-state index is 12.8. The molecular weight excluding hydrogens is 409 g/mol. The van der Waals surface area contributed by atoms with Gasteiger partial charge in [-0.15, -0.1) is 0 Å². The van der Waals surface area contributed by atoms with Crippen molar-refractivity contribution in [3.05, 3.63) is 53.5 Å². The number of ether oxygens (including phenoxy) is 1. The van der Waals surface area contributed by atoms with Gasteiger partial charge in [-0.3, -0.25) is 14.7 Å². The maximum atomic E-state index is 12.8. The molecule has 1 saturated carbocycles. The Balaban J connectivity index is 1.18. The second-order valence-corrected chi connectivity index (χ2v) is 8.50. The minimum absolute atomic E-state index is 0.0211. The third-order valence-electron chi connectivity index (χ3n) is 6.26. The second-order valence-electron chi connectivity index (χ2n) is 8.50. The summed E-state index contributed by atoms with van der Waals surface area (Å²) >= 11 is 0. The first-order chi connectivity index (χ1) is 14.9. The van der Waals surface area contributed by atoms with Crippen molar-refractivity contribution in [2.45, 2.75) is 43.5 Å². The molecule has 6 nitrogen and oxygen atoms in total. The summed E-state index contributed by atoms with van der Waals surface area (Å²) < 4.78 is 44.3. The van der Waals surface area contributed by atoms with Crippen molar-refractivity contribution in [3.8, 4) is 5.88 Å². The van der Waals surface area contributed by atoms with Gasteiger partial charge in [0.2, 0.25) is 5.88 Å². The van der Waals surface area contributed by atoms with Crippen LogP contribution in [0.15, 0.2) is 36.7 Å². The molecule has 3 fully saturated rings. The van der Waals surface area contributed by atoms with Crippen LogP contribution in [0.5, 0.6) is 5.88 Å². The quantitative estimate of drug-likeness (QED) is 0.742. The molecule has 5 rings (SSSR count). The number of carbonyl (C=O) groups is 1. The van der Waals surface area contributed by atoms with Gasteiger partial charge in [0.05, 0.1) is 23.7 Å². The number of amides is 1. The standard InChI is InChI=1S/C22H23F3N4O2/c23-22(24,25)16-5-3-15(4-6-16)21(30)29-8-7-28-13-18(9-17(28)12-29)31-20-11-26-19(10-27-20)14-1-2-14/h3-6,10-11,14,17-18H,1-2,7-9,12-13H2/t17-,18+/m0/s1. The van der Waals surface area contributed by atoms with Gasteiger partial charge in [-0.05, 0) is 37.1 Å². The minimum atomic E-state index is -4.41. The van der Waals surface area contributed by atoms with Gasteiger partial charge in [0.1, 0.15) is 6.10 Å². The van der Waals surface area contributed by atoms with Gasteiger partial charge in [-0.1, -0.05) is 0 Å². The van der Waals surface area contributed by atoms with E-state index in [4.69, 9.17) is 4.74 Å². The van der Waals surface area contributed by atoms with E-state index in [1.807, 2.05) is 0 Å². The van der Waals surface area contributed by atoms with Crippen molar-refractivity contribution in [2.24, 2.45) is 0 Å². The number of alkyl halides is 3. The van der Waals surface area contributed by atoms with E-state index < -0.39 is 11.7 Å². The van der Waals surface area contributed by atoms with E-state index >= 15 is 0 Å². The van der Waals surface area contributed by atoms with Crippen LogP contribution in [0.2, 0.25) is 0 Å². The Hall–Kier alpha value is -2.68. The second kappa shape index (κ2) is 7.78. The molecule has 1 aliphatic carbocycles. The summed E-state index contributed by atoms with van der Waals surface area (Å²) in [4.78, 5) is 25.6. The van der Waals surface area contributed by atoms with Crippen molar-refractivity contribution in [1.82, 2.24) is 19.8 Å². The fourth-order valence-corrected chi connectivity index (χ4v) is 4.40. The van der Waals surface area contributed by atoms with Crippen LogP contribution < -0.4 is 4.74 Å². The number of rotatable bonds is 4. The zero-order valence-electron chi connectivity index (χ0n) is 16.9. The molecule has 164 valence electrons. The van der Waals surface area contributed by atoms with Crippen LogP contribution in [-0.2, 0) is 6.18 Å². The van der Waals surface area contributed by atoms with Gasteiger partial charge in [-0.2, -0.15) is 13.2 Å². The first-order valence-electron chi connectivity index (χ1n) is 10.6. The molecule has 0 spiro atoms. The predicted molar refractivity (Wildman–Crippen MR) is 106 cm³/mol. The van der Waals surface area contributed by atoms with Crippen molar-refractivity contribution < 1.29 is 22.7 Å². The van der Waals surface area contributed by atoms with Crippen LogP contribution in [0.25, 0.3) is 0 Å². The van der Waals surface area contributed by atoms with Crippen molar-refractivity contribution >= 4 is 5.91 Å². The monoisotopic (exact) mass is 432 g/mol. The highest BCUT2D eigenvalue weighted by molar-refractivity contribution is 5.94. The number of aromatic nitrogens is 2. The van der Waals surface area contributed by atoms with Gasteiger partial charge >= 0.3 is 6.18 Å². The Morgan fingerprint density at radius 1 is 1.03 bits per heavy atom. The van der Waals surface area contributed by atoms with E-state index in [0.717, 1.165) is 30.8 Å². The number of piperazine rings is 1. The molecule has 2 aromatic rings. The number of hydrogen-bond donors (Lipinski definition) is 0. The van der Waals surface area contributed by atoms with E-state index in [1.165, 1.54) is 25.0 Å². The van der Waals surface area contributed by atoms with Crippen molar-refractivity contribution in [2.75, 3.05) is 26.2 Å². The Labute approximate surface area is 178 Å². The number of fused-ring (bicyclic) bond motifs is 1. The summed E-state index contributed by atoms with van der Waals surface area (Å²) in [7, 11) is 0. The largest absolute Gasteiger partial charge is 0.472 e. The Kier molecular flexibility index (Phi) is 5.08. The highest BCUT2D eigenvalue weighted by Gasteiger charge is 2.39. The highest BCUT2D eigenvalue weighted by Crippen LogP contribution is 2.38. The molecule has 2 atom stereocenters. The number of halogens is 3. The molecule has 0 N–H and O–H groups in total. The third kappa shape index (κ3) is 4.37. The van der Waals surface area contributed by atoms with E-state index in [0.29, 0.717) is 31.4 Å². The number of benzene rings is 1. The summed E-state index contributed by atoms with van der Waals surface area (Å²) in [6.07, 6.45) is 2.17. The summed E-state index contributed by atoms with van der Waals surface area (Å²) in [6.45, 7) is 2.55. The topological polar surface area (TPSA) is 58.6 Å². The fraction of sp³-hybridized carbons (Fsp3) is 0.500. The number of hydrogen-bond acceptors (Lipinski definition) is 5.